The zero-order valence-corrected chi connectivity index (χ0v) is 15.8. The largest absolute Gasteiger partial charge is 0.356 e. The molecule has 136 valence electrons. The molecule has 3 N–H and O–H groups in total. The SMILES string of the molecule is C=S(N)(=O)NCCC1CCN(c2ncnc3cc(C)c(C)cc23)CC1. The van der Waals surface area contributed by atoms with E-state index in [1.165, 1.54) is 11.1 Å². The highest BCUT2D eigenvalue weighted by molar-refractivity contribution is 7.96. The van der Waals surface area contributed by atoms with Gasteiger partial charge in [0.1, 0.15) is 12.1 Å². The fraction of sp³-hybridized carbons (Fsp3) is 0.500. The molecule has 0 aliphatic carbocycles. The van der Waals surface area contributed by atoms with Crippen molar-refractivity contribution in [2.75, 3.05) is 24.5 Å². The van der Waals surface area contributed by atoms with Crippen LogP contribution in [0.25, 0.3) is 10.9 Å². The van der Waals surface area contributed by atoms with Gasteiger partial charge in [-0.15, -0.1) is 0 Å². The number of nitrogens with two attached hydrogens (primary N) is 1. The number of fused-ring (bicyclic) bond motifs is 1. The topological polar surface area (TPSA) is 84.1 Å². The number of piperidine rings is 1. The van der Waals surface area contributed by atoms with Crippen molar-refractivity contribution in [1.29, 1.82) is 0 Å². The van der Waals surface area contributed by atoms with E-state index in [0.717, 1.165) is 49.1 Å². The van der Waals surface area contributed by atoms with Gasteiger partial charge in [0, 0.05) is 25.0 Å². The van der Waals surface area contributed by atoms with Gasteiger partial charge in [0.15, 0.2) is 0 Å². The van der Waals surface area contributed by atoms with Crippen LogP contribution >= 0.6 is 0 Å². The lowest BCUT2D eigenvalue weighted by Gasteiger charge is -2.33. The predicted octanol–water partition coefficient (Wildman–Crippen LogP) is 1.95. The van der Waals surface area contributed by atoms with E-state index in [1.54, 1.807) is 6.33 Å². The van der Waals surface area contributed by atoms with Gasteiger partial charge in [-0.05, 0) is 68.2 Å². The lowest BCUT2D eigenvalue weighted by atomic mass is 9.93. The molecule has 1 aromatic carbocycles. The van der Waals surface area contributed by atoms with Gasteiger partial charge in [-0.25, -0.2) is 24.0 Å². The van der Waals surface area contributed by atoms with E-state index in [1.807, 2.05) is 0 Å². The molecule has 1 aliphatic heterocycles. The first-order valence-electron chi connectivity index (χ1n) is 8.70. The first kappa shape index (κ1) is 18.1. The highest BCUT2D eigenvalue weighted by atomic mass is 32.2. The van der Waals surface area contributed by atoms with Crippen LogP contribution in [-0.4, -0.2) is 39.7 Å². The van der Waals surface area contributed by atoms with Gasteiger partial charge in [0.25, 0.3) is 0 Å². The van der Waals surface area contributed by atoms with E-state index >= 15 is 0 Å². The van der Waals surface area contributed by atoms with Crippen LogP contribution in [-0.2, 0) is 9.89 Å². The highest BCUT2D eigenvalue weighted by Crippen LogP contribution is 2.29. The Labute approximate surface area is 150 Å². The maximum atomic E-state index is 11.4. The smallest absolute Gasteiger partial charge is 0.139 e. The average molecular weight is 362 g/mol. The predicted molar refractivity (Wildman–Crippen MR) is 106 cm³/mol. The Kier molecular flexibility index (Phi) is 5.27. The summed E-state index contributed by atoms with van der Waals surface area (Å²) in [6.45, 7) is 6.85. The number of anilines is 1. The van der Waals surface area contributed by atoms with E-state index < -0.39 is 9.89 Å². The molecule has 1 aromatic heterocycles. The van der Waals surface area contributed by atoms with Gasteiger partial charge >= 0.3 is 0 Å². The molecule has 0 spiro atoms. The van der Waals surface area contributed by atoms with Crippen LogP contribution < -0.4 is 14.8 Å². The number of nitrogens with one attached hydrogen (secondary N) is 1. The van der Waals surface area contributed by atoms with Crippen LogP contribution in [0.15, 0.2) is 18.5 Å². The van der Waals surface area contributed by atoms with E-state index in [0.29, 0.717) is 12.5 Å². The summed E-state index contributed by atoms with van der Waals surface area (Å²) in [5, 5.41) is 6.54. The molecule has 0 amide bonds. The summed E-state index contributed by atoms with van der Waals surface area (Å²) in [6.07, 6.45) is 4.83. The fourth-order valence-electron chi connectivity index (χ4n) is 3.42. The Balaban J connectivity index is 1.67. The Bertz CT molecular complexity index is 857. The third kappa shape index (κ3) is 4.48. The minimum atomic E-state index is -2.59. The van der Waals surface area contributed by atoms with Crippen LogP contribution in [0.1, 0.15) is 30.4 Å². The van der Waals surface area contributed by atoms with Crippen molar-refractivity contribution in [2.24, 2.45) is 11.1 Å². The van der Waals surface area contributed by atoms with E-state index in [2.05, 4.69) is 51.4 Å². The van der Waals surface area contributed by atoms with E-state index in [9.17, 15) is 4.21 Å². The monoisotopic (exact) mass is 361 g/mol. The molecule has 1 saturated heterocycles. The summed E-state index contributed by atoms with van der Waals surface area (Å²) < 4.78 is 14.2. The normalized spacial score (nSPS) is 18.4. The summed E-state index contributed by atoms with van der Waals surface area (Å²) in [6, 6.07) is 4.33. The summed E-state index contributed by atoms with van der Waals surface area (Å²) in [5.74, 6) is 5.07. The first-order chi connectivity index (χ1) is 11.8. The number of hydrogen-bond donors (Lipinski definition) is 2. The molecule has 6 nitrogen and oxygen atoms in total. The molecule has 0 saturated carbocycles. The molecule has 0 radical (unpaired) electrons. The number of benzene rings is 1. The van der Waals surface area contributed by atoms with Crippen molar-refractivity contribution in [3.8, 4) is 0 Å². The van der Waals surface area contributed by atoms with Crippen LogP contribution in [0.2, 0.25) is 0 Å². The third-order valence-corrected chi connectivity index (χ3v) is 5.74. The zero-order valence-electron chi connectivity index (χ0n) is 15.0. The summed E-state index contributed by atoms with van der Waals surface area (Å²) in [7, 11) is -2.59. The molecule has 7 heteroatoms. The quantitative estimate of drug-likeness (QED) is 0.797. The number of nitrogens with zero attached hydrogens (tertiary/aromatic N) is 3. The van der Waals surface area contributed by atoms with Crippen molar-refractivity contribution >= 4 is 32.5 Å². The maximum absolute atomic E-state index is 11.4. The highest BCUT2D eigenvalue weighted by Gasteiger charge is 2.21. The number of aromatic nitrogens is 2. The second-order valence-electron chi connectivity index (χ2n) is 6.99. The van der Waals surface area contributed by atoms with Crippen LogP contribution in [0.3, 0.4) is 0 Å². The zero-order chi connectivity index (χ0) is 18.0. The molecule has 0 bridgehead atoms. The molecule has 25 heavy (non-hydrogen) atoms. The van der Waals surface area contributed by atoms with E-state index in [4.69, 9.17) is 5.14 Å². The maximum Gasteiger partial charge on any atom is 0.139 e. The van der Waals surface area contributed by atoms with Crippen molar-refractivity contribution in [3.63, 3.8) is 0 Å². The molecular formula is C18H27N5OS. The van der Waals surface area contributed by atoms with Gasteiger partial charge in [0.2, 0.25) is 0 Å². The molecule has 2 aromatic rings. The number of rotatable bonds is 5. The Hall–Kier alpha value is -1.70. The lowest BCUT2D eigenvalue weighted by molar-refractivity contribution is 0.382. The van der Waals surface area contributed by atoms with Crippen LogP contribution in [0.4, 0.5) is 5.82 Å². The van der Waals surface area contributed by atoms with Gasteiger partial charge in [-0.1, -0.05) is 0 Å². The molecule has 3 rings (SSSR count). The van der Waals surface area contributed by atoms with Crippen molar-refractivity contribution in [2.45, 2.75) is 33.1 Å². The van der Waals surface area contributed by atoms with Crippen LogP contribution in [0, 0.1) is 19.8 Å². The summed E-state index contributed by atoms with van der Waals surface area (Å²) >= 11 is 0. The van der Waals surface area contributed by atoms with Crippen molar-refractivity contribution in [1.82, 2.24) is 14.7 Å². The summed E-state index contributed by atoms with van der Waals surface area (Å²) in [5.41, 5.74) is 3.53. The lowest BCUT2D eigenvalue weighted by Crippen LogP contribution is -2.37. The van der Waals surface area contributed by atoms with Crippen molar-refractivity contribution in [3.05, 3.63) is 29.6 Å². The van der Waals surface area contributed by atoms with E-state index in [-0.39, 0.29) is 0 Å². The standard InChI is InChI=1S/C18H27N5OS/c1-13-10-16-17(11-14(13)2)20-12-21-18(16)23-8-5-15(6-9-23)4-7-22-25(3,19)24/h10-12,15H,3-9H2,1-2H3,(H3,19,22,24). The number of hydrogen-bond acceptors (Lipinski definition) is 4. The molecule has 1 fully saturated rings. The van der Waals surface area contributed by atoms with Gasteiger partial charge in [-0.3, -0.25) is 0 Å². The third-order valence-electron chi connectivity index (χ3n) is 5.04. The fourth-order valence-corrected chi connectivity index (χ4v) is 3.89. The second kappa shape index (κ2) is 7.27. The minimum Gasteiger partial charge on any atom is -0.356 e. The second-order valence-corrected chi connectivity index (χ2v) is 8.73. The minimum absolute atomic E-state index is 0.614. The Morgan fingerprint density at radius 3 is 2.64 bits per heavy atom. The number of aryl methyl sites for hydroxylation is 2. The Morgan fingerprint density at radius 1 is 1.28 bits per heavy atom. The molecule has 1 aliphatic rings. The summed E-state index contributed by atoms with van der Waals surface area (Å²) in [4.78, 5) is 11.3. The van der Waals surface area contributed by atoms with Gasteiger partial charge < -0.3 is 4.90 Å². The van der Waals surface area contributed by atoms with Crippen molar-refractivity contribution < 1.29 is 4.21 Å². The average Bonchev–Trinajstić information content (AvgIpc) is 2.55. The Morgan fingerprint density at radius 2 is 1.96 bits per heavy atom. The van der Waals surface area contributed by atoms with Crippen LogP contribution in [0.5, 0.6) is 0 Å². The van der Waals surface area contributed by atoms with Gasteiger partial charge in [-0.2, -0.15) is 0 Å². The molecule has 1 unspecified atom stereocenters. The molecular weight excluding hydrogens is 334 g/mol. The molecule has 1 atom stereocenters. The van der Waals surface area contributed by atoms with Gasteiger partial charge in [0.05, 0.1) is 15.4 Å². The molecule has 2 heterocycles. The first-order valence-corrected chi connectivity index (χ1v) is 10.5.